The average Bonchev–Trinajstić information content (AvgIpc) is 2.46. The van der Waals surface area contributed by atoms with Crippen molar-refractivity contribution >= 4 is 16.5 Å². The third-order valence-corrected chi connectivity index (χ3v) is 4.08. The molecule has 0 saturated heterocycles. The highest BCUT2D eigenvalue weighted by Crippen LogP contribution is 2.25. The van der Waals surface area contributed by atoms with Crippen LogP contribution in [0.5, 0.6) is 5.75 Å². The number of nitrogens with zero attached hydrogens (tertiary/aromatic N) is 1. The van der Waals surface area contributed by atoms with Gasteiger partial charge in [-0.05, 0) is 36.4 Å². The molecule has 0 unspecified atom stereocenters. The van der Waals surface area contributed by atoms with Crippen LogP contribution in [0.1, 0.15) is 5.56 Å². The zero-order valence-corrected chi connectivity index (χ0v) is 11.1. The van der Waals surface area contributed by atoms with E-state index in [1.165, 1.54) is 0 Å². The van der Waals surface area contributed by atoms with Crippen LogP contribution in [0.15, 0.2) is 52.3 Å². The fourth-order valence-electron chi connectivity index (χ4n) is 1.65. The molecule has 2 aromatic rings. The minimum Gasteiger partial charge on any atom is -0.497 e. The summed E-state index contributed by atoms with van der Waals surface area (Å²) in [5.41, 5.74) is 6.31. The lowest BCUT2D eigenvalue weighted by molar-refractivity contribution is 0.414. The lowest BCUT2D eigenvalue weighted by Gasteiger charge is -2.07. The van der Waals surface area contributed by atoms with Gasteiger partial charge in [0.15, 0.2) is 0 Å². The summed E-state index contributed by atoms with van der Waals surface area (Å²) in [6.45, 7) is 0. The quantitative estimate of drug-likeness (QED) is 0.870. The minimum absolute atomic E-state index is 0.261. The zero-order chi connectivity index (χ0) is 13.8. The molecule has 0 heterocycles. The molecule has 0 saturated carbocycles. The van der Waals surface area contributed by atoms with Crippen LogP contribution in [0.3, 0.4) is 0 Å². The first-order valence-corrected chi connectivity index (χ1v) is 6.66. The Morgan fingerprint density at radius 1 is 1.21 bits per heavy atom. The van der Waals surface area contributed by atoms with Gasteiger partial charge < -0.3 is 10.5 Å². The molecule has 2 aromatic carbocycles. The third kappa shape index (κ3) is 2.59. The van der Waals surface area contributed by atoms with Gasteiger partial charge in [0.05, 0.1) is 34.1 Å². The number of hydrogen-bond acceptors (Lipinski definition) is 4. The van der Waals surface area contributed by atoms with Crippen LogP contribution in [0.2, 0.25) is 0 Å². The second kappa shape index (κ2) is 5.55. The Bertz CT molecular complexity index is 660. The van der Waals surface area contributed by atoms with E-state index in [-0.39, 0.29) is 5.56 Å². The molecule has 0 aliphatic heterocycles. The molecule has 5 heteroatoms. The van der Waals surface area contributed by atoms with Crippen molar-refractivity contribution in [1.82, 2.24) is 0 Å². The summed E-state index contributed by atoms with van der Waals surface area (Å²) in [5, 5.41) is 9.09. The van der Waals surface area contributed by atoms with E-state index in [9.17, 15) is 4.21 Å². The number of rotatable bonds is 3. The van der Waals surface area contributed by atoms with Gasteiger partial charge in [-0.3, -0.25) is 0 Å². The van der Waals surface area contributed by atoms with Gasteiger partial charge in [-0.25, -0.2) is 4.21 Å². The first-order valence-electron chi connectivity index (χ1n) is 5.51. The highest BCUT2D eigenvalue weighted by molar-refractivity contribution is 7.85. The first-order chi connectivity index (χ1) is 9.17. The van der Waals surface area contributed by atoms with Crippen LogP contribution in [0.4, 0.5) is 5.69 Å². The Hall–Kier alpha value is -2.32. The van der Waals surface area contributed by atoms with Crippen molar-refractivity contribution in [2.75, 3.05) is 12.8 Å². The summed E-state index contributed by atoms with van der Waals surface area (Å²) in [6, 6.07) is 13.8. The van der Waals surface area contributed by atoms with Crippen molar-refractivity contribution in [2.45, 2.75) is 9.79 Å². The Morgan fingerprint density at radius 3 is 2.47 bits per heavy atom. The topological polar surface area (TPSA) is 76.1 Å². The van der Waals surface area contributed by atoms with Crippen LogP contribution in [0, 0.1) is 11.3 Å². The Balaban J connectivity index is 2.44. The van der Waals surface area contributed by atoms with E-state index in [1.54, 1.807) is 49.6 Å². The lowest BCUT2D eigenvalue weighted by atomic mass is 10.2. The summed E-state index contributed by atoms with van der Waals surface area (Å²) >= 11 is 0. The molecule has 0 radical (unpaired) electrons. The molecule has 2 rings (SSSR count). The van der Waals surface area contributed by atoms with Crippen molar-refractivity contribution in [2.24, 2.45) is 0 Å². The van der Waals surface area contributed by atoms with E-state index in [0.717, 1.165) is 0 Å². The molecule has 0 amide bonds. The highest BCUT2D eigenvalue weighted by atomic mass is 32.2. The number of nitriles is 1. The Kier molecular flexibility index (Phi) is 3.83. The van der Waals surface area contributed by atoms with Gasteiger partial charge in [0.1, 0.15) is 11.8 Å². The molecule has 4 nitrogen and oxygen atoms in total. The molecule has 19 heavy (non-hydrogen) atoms. The van der Waals surface area contributed by atoms with Crippen molar-refractivity contribution < 1.29 is 8.95 Å². The predicted molar refractivity (Wildman–Crippen MR) is 73.2 cm³/mol. The van der Waals surface area contributed by atoms with E-state index in [2.05, 4.69) is 0 Å². The van der Waals surface area contributed by atoms with E-state index in [1.807, 2.05) is 6.07 Å². The largest absolute Gasteiger partial charge is 0.497 e. The predicted octanol–water partition coefficient (Wildman–Crippen LogP) is 2.32. The monoisotopic (exact) mass is 272 g/mol. The molecular formula is C14H12N2O2S. The number of benzene rings is 2. The molecule has 0 fully saturated rings. The number of nitrogens with two attached hydrogens (primary N) is 1. The summed E-state index contributed by atoms with van der Waals surface area (Å²) in [5.74, 6) is 0.689. The molecular weight excluding hydrogens is 260 g/mol. The maximum absolute atomic E-state index is 12.4. The molecule has 2 N–H and O–H groups in total. The number of hydrogen-bond donors (Lipinski definition) is 1. The number of ether oxygens (including phenoxy) is 1. The van der Waals surface area contributed by atoms with Crippen LogP contribution in [-0.2, 0) is 10.8 Å². The Labute approximate surface area is 113 Å². The second-order valence-electron chi connectivity index (χ2n) is 3.78. The number of methoxy groups -OCH3 is 1. The maximum atomic E-state index is 12.4. The summed E-state index contributed by atoms with van der Waals surface area (Å²) in [4.78, 5) is 1.02. The van der Waals surface area contributed by atoms with Gasteiger partial charge >= 0.3 is 0 Å². The second-order valence-corrected chi connectivity index (χ2v) is 5.23. The molecule has 0 aliphatic rings. The maximum Gasteiger partial charge on any atom is 0.118 e. The molecule has 0 aliphatic carbocycles. The van der Waals surface area contributed by atoms with Crippen molar-refractivity contribution in [3.63, 3.8) is 0 Å². The Morgan fingerprint density at radius 2 is 1.89 bits per heavy atom. The summed E-state index contributed by atoms with van der Waals surface area (Å²) in [6.07, 6.45) is 0. The van der Waals surface area contributed by atoms with Crippen LogP contribution >= 0.6 is 0 Å². The minimum atomic E-state index is -1.44. The van der Waals surface area contributed by atoms with Gasteiger partial charge in [0.2, 0.25) is 0 Å². The fraction of sp³-hybridized carbons (Fsp3) is 0.0714. The normalized spacial score (nSPS) is 11.6. The number of anilines is 1. The summed E-state index contributed by atoms with van der Waals surface area (Å²) < 4.78 is 17.5. The fourth-order valence-corrected chi connectivity index (χ4v) is 2.84. The average molecular weight is 272 g/mol. The van der Waals surface area contributed by atoms with Crippen LogP contribution < -0.4 is 10.5 Å². The molecule has 1 atom stereocenters. The van der Waals surface area contributed by atoms with Gasteiger partial charge in [0.25, 0.3) is 0 Å². The highest BCUT2D eigenvalue weighted by Gasteiger charge is 2.14. The van der Waals surface area contributed by atoms with Crippen molar-refractivity contribution in [3.8, 4) is 11.8 Å². The van der Waals surface area contributed by atoms with Gasteiger partial charge in [-0.1, -0.05) is 6.07 Å². The third-order valence-electron chi connectivity index (χ3n) is 2.64. The molecule has 0 spiro atoms. The first kappa shape index (κ1) is 13.1. The van der Waals surface area contributed by atoms with Crippen LogP contribution in [0.25, 0.3) is 0 Å². The van der Waals surface area contributed by atoms with E-state index in [0.29, 0.717) is 21.2 Å². The number of nitrogen functional groups attached to an aromatic ring is 1. The molecule has 0 bridgehead atoms. The van der Waals surface area contributed by atoms with Crippen molar-refractivity contribution in [3.05, 3.63) is 48.0 Å². The zero-order valence-electron chi connectivity index (χ0n) is 10.3. The van der Waals surface area contributed by atoms with E-state index >= 15 is 0 Å². The van der Waals surface area contributed by atoms with Gasteiger partial charge in [0, 0.05) is 4.90 Å². The standard InChI is InChI=1S/C14H12N2O2S/c1-18-10-5-7-11(8-6-10)19(17)14-4-2-3-13(16)12(14)9-15/h2-8H,16H2,1H3/t19-/m1/s1. The van der Waals surface area contributed by atoms with Crippen molar-refractivity contribution in [1.29, 1.82) is 5.26 Å². The SMILES string of the molecule is COc1ccc([S@@](=O)c2cccc(N)c2C#N)cc1. The smallest absolute Gasteiger partial charge is 0.118 e. The van der Waals surface area contributed by atoms with Gasteiger partial charge in [-0.15, -0.1) is 0 Å². The van der Waals surface area contributed by atoms with E-state index in [4.69, 9.17) is 15.7 Å². The summed E-state index contributed by atoms with van der Waals surface area (Å²) in [7, 11) is 0.130. The van der Waals surface area contributed by atoms with E-state index < -0.39 is 10.8 Å². The molecule has 0 aromatic heterocycles. The molecule has 96 valence electrons. The lowest BCUT2D eigenvalue weighted by Crippen LogP contribution is -2.00. The van der Waals surface area contributed by atoms with Gasteiger partial charge in [-0.2, -0.15) is 5.26 Å². The van der Waals surface area contributed by atoms with Crippen LogP contribution in [-0.4, -0.2) is 11.3 Å².